The standard InChI is InChI=1S/C12H9N3OS/c1-15-4-2-10(14-15)12(16)8-6-11-9(13-7-8)3-5-17-11/h2-7H,1H3. The van der Waals surface area contributed by atoms with Crippen LogP contribution in [-0.4, -0.2) is 20.5 Å². The van der Waals surface area contributed by atoms with Gasteiger partial charge in [0, 0.05) is 25.0 Å². The third kappa shape index (κ3) is 1.74. The van der Waals surface area contributed by atoms with E-state index in [1.54, 1.807) is 41.5 Å². The largest absolute Gasteiger partial charge is 0.287 e. The lowest BCUT2D eigenvalue weighted by Crippen LogP contribution is -2.03. The Balaban J connectivity index is 2.05. The molecule has 84 valence electrons. The van der Waals surface area contributed by atoms with Crippen LogP contribution in [-0.2, 0) is 7.05 Å². The number of carbonyl (C=O) groups is 1. The van der Waals surface area contributed by atoms with Gasteiger partial charge in [-0.1, -0.05) is 0 Å². The fourth-order valence-corrected chi connectivity index (χ4v) is 2.43. The van der Waals surface area contributed by atoms with Gasteiger partial charge in [-0.3, -0.25) is 14.5 Å². The summed E-state index contributed by atoms with van der Waals surface area (Å²) in [6.07, 6.45) is 3.36. The van der Waals surface area contributed by atoms with E-state index in [4.69, 9.17) is 0 Å². The number of rotatable bonds is 2. The predicted molar refractivity (Wildman–Crippen MR) is 66.3 cm³/mol. The first-order chi connectivity index (χ1) is 8.24. The van der Waals surface area contributed by atoms with Crippen molar-refractivity contribution in [3.63, 3.8) is 0 Å². The molecular formula is C12H9N3OS. The quantitative estimate of drug-likeness (QED) is 0.649. The van der Waals surface area contributed by atoms with Crippen molar-refractivity contribution in [3.8, 4) is 0 Å². The number of aryl methyl sites for hydroxylation is 1. The van der Waals surface area contributed by atoms with Crippen molar-refractivity contribution in [2.75, 3.05) is 0 Å². The van der Waals surface area contributed by atoms with E-state index in [9.17, 15) is 4.79 Å². The van der Waals surface area contributed by atoms with Crippen LogP contribution >= 0.6 is 11.3 Å². The molecule has 0 amide bonds. The van der Waals surface area contributed by atoms with Crippen LogP contribution in [0, 0.1) is 0 Å². The van der Waals surface area contributed by atoms with Gasteiger partial charge in [0.05, 0.1) is 10.2 Å². The fourth-order valence-electron chi connectivity index (χ4n) is 1.65. The number of pyridine rings is 1. The number of carbonyl (C=O) groups excluding carboxylic acids is 1. The third-order valence-electron chi connectivity index (χ3n) is 2.51. The molecule has 0 aliphatic rings. The van der Waals surface area contributed by atoms with Gasteiger partial charge in [-0.25, -0.2) is 0 Å². The molecule has 3 aromatic rings. The van der Waals surface area contributed by atoms with E-state index in [0.717, 1.165) is 10.2 Å². The molecule has 0 bridgehead atoms. The summed E-state index contributed by atoms with van der Waals surface area (Å²) in [5.41, 5.74) is 1.96. The van der Waals surface area contributed by atoms with Crippen LogP contribution in [0.25, 0.3) is 10.2 Å². The summed E-state index contributed by atoms with van der Waals surface area (Å²) in [5, 5.41) is 6.06. The zero-order valence-electron chi connectivity index (χ0n) is 9.12. The van der Waals surface area contributed by atoms with Gasteiger partial charge in [0.15, 0.2) is 0 Å². The maximum Gasteiger partial charge on any atom is 0.214 e. The van der Waals surface area contributed by atoms with Crippen LogP contribution in [0.2, 0.25) is 0 Å². The zero-order chi connectivity index (χ0) is 11.8. The lowest BCUT2D eigenvalue weighted by molar-refractivity contribution is 0.103. The summed E-state index contributed by atoms with van der Waals surface area (Å²) >= 11 is 1.58. The van der Waals surface area contributed by atoms with E-state index < -0.39 is 0 Å². The number of ketones is 1. The van der Waals surface area contributed by atoms with Crippen molar-refractivity contribution < 1.29 is 4.79 Å². The molecule has 0 spiro atoms. The SMILES string of the molecule is Cn1ccc(C(=O)c2cnc3ccsc3c2)n1. The zero-order valence-corrected chi connectivity index (χ0v) is 9.94. The number of hydrogen-bond acceptors (Lipinski definition) is 4. The van der Waals surface area contributed by atoms with Crippen molar-refractivity contribution in [1.82, 2.24) is 14.8 Å². The van der Waals surface area contributed by atoms with Crippen molar-refractivity contribution in [2.45, 2.75) is 0 Å². The summed E-state index contributed by atoms with van der Waals surface area (Å²) in [7, 11) is 1.79. The Labute approximate surface area is 102 Å². The van der Waals surface area contributed by atoms with Gasteiger partial charge in [0.25, 0.3) is 0 Å². The van der Waals surface area contributed by atoms with Crippen LogP contribution < -0.4 is 0 Å². The molecular weight excluding hydrogens is 234 g/mol. The van der Waals surface area contributed by atoms with Crippen molar-refractivity contribution >= 4 is 27.3 Å². The van der Waals surface area contributed by atoms with Gasteiger partial charge in [-0.05, 0) is 23.6 Å². The highest BCUT2D eigenvalue weighted by atomic mass is 32.1. The Bertz CT molecular complexity index is 698. The number of aromatic nitrogens is 3. The second-order valence-corrected chi connectivity index (χ2v) is 4.68. The van der Waals surface area contributed by atoms with Gasteiger partial charge in [0.1, 0.15) is 5.69 Å². The molecule has 5 heteroatoms. The molecule has 4 nitrogen and oxygen atoms in total. The maximum absolute atomic E-state index is 12.1. The van der Waals surface area contributed by atoms with Gasteiger partial charge in [-0.2, -0.15) is 5.10 Å². The van der Waals surface area contributed by atoms with Gasteiger partial charge in [0.2, 0.25) is 5.78 Å². The average molecular weight is 243 g/mol. The Morgan fingerprint density at radius 2 is 2.29 bits per heavy atom. The molecule has 0 aliphatic carbocycles. The highest BCUT2D eigenvalue weighted by Gasteiger charge is 2.13. The molecule has 0 aromatic carbocycles. The second-order valence-electron chi connectivity index (χ2n) is 3.73. The Hall–Kier alpha value is -2.01. The average Bonchev–Trinajstić information content (AvgIpc) is 2.95. The Morgan fingerprint density at radius 3 is 3.06 bits per heavy atom. The van der Waals surface area contributed by atoms with E-state index in [1.807, 2.05) is 17.5 Å². The van der Waals surface area contributed by atoms with Gasteiger partial charge in [-0.15, -0.1) is 11.3 Å². The van der Waals surface area contributed by atoms with Crippen LogP contribution in [0.1, 0.15) is 16.1 Å². The number of thiophene rings is 1. The highest BCUT2D eigenvalue weighted by Crippen LogP contribution is 2.20. The predicted octanol–water partition coefficient (Wildman–Crippen LogP) is 2.26. The highest BCUT2D eigenvalue weighted by molar-refractivity contribution is 7.17. The maximum atomic E-state index is 12.1. The Kier molecular flexibility index (Phi) is 2.26. The van der Waals surface area contributed by atoms with E-state index in [0.29, 0.717) is 11.3 Å². The third-order valence-corrected chi connectivity index (χ3v) is 3.36. The van der Waals surface area contributed by atoms with E-state index >= 15 is 0 Å². The molecule has 0 saturated heterocycles. The molecule has 0 fully saturated rings. The summed E-state index contributed by atoms with van der Waals surface area (Å²) < 4.78 is 2.64. The van der Waals surface area contributed by atoms with Crippen LogP contribution in [0.3, 0.4) is 0 Å². The molecule has 0 saturated carbocycles. The number of fused-ring (bicyclic) bond motifs is 1. The van der Waals surface area contributed by atoms with E-state index in [1.165, 1.54) is 0 Å². The van der Waals surface area contributed by atoms with E-state index in [2.05, 4.69) is 10.1 Å². The normalized spacial score (nSPS) is 10.9. The second kappa shape index (κ2) is 3.78. The Morgan fingerprint density at radius 1 is 1.41 bits per heavy atom. The lowest BCUT2D eigenvalue weighted by Gasteiger charge is -1.97. The number of nitrogens with zero attached hydrogens (tertiary/aromatic N) is 3. The molecule has 0 atom stereocenters. The van der Waals surface area contributed by atoms with Crippen molar-refractivity contribution in [2.24, 2.45) is 7.05 Å². The first-order valence-corrected chi connectivity index (χ1v) is 5.99. The minimum Gasteiger partial charge on any atom is -0.287 e. The fraction of sp³-hybridized carbons (Fsp3) is 0.0833. The monoisotopic (exact) mass is 243 g/mol. The molecule has 0 radical (unpaired) electrons. The van der Waals surface area contributed by atoms with Gasteiger partial charge < -0.3 is 0 Å². The summed E-state index contributed by atoms with van der Waals surface area (Å²) in [6, 6.07) is 5.51. The summed E-state index contributed by atoms with van der Waals surface area (Å²) in [6.45, 7) is 0. The lowest BCUT2D eigenvalue weighted by atomic mass is 10.1. The van der Waals surface area contributed by atoms with Crippen molar-refractivity contribution in [3.05, 3.63) is 47.2 Å². The molecule has 17 heavy (non-hydrogen) atoms. The number of hydrogen-bond donors (Lipinski definition) is 0. The van der Waals surface area contributed by atoms with Crippen LogP contribution in [0.5, 0.6) is 0 Å². The topological polar surface area (TPSA) is 47.8 Å². The van der Waals surface area contributed by atoms with Crippen LogP contribution in [0.15, 0.2) is 36.0 Å². The first kappa shape index (κ1) is 10.2. The molecule has 0 unspecified atom stereocenters. The first-order valence-electron chi connectivity index (χ1n) is 5.11. The van der Waals surface area contributed by atoms with Gasteiger partial charge >= 0.3 is 0 Å². The molecule has 0 aliphatic heterocycles. The van der Waals surface area contributed by atoms with Crippen molar-refractivity contribution in [1.29, 1.82) is 0 Å². The van der Waals surface area contributed by atoms with E-state index in [-0.39, 0.29) is 5.78 Å². The minimum absolute atomic E-state index is 0.0894. The minimum atomic E-state index is -0.0894. The van der Waals surface area contributed by atoms with Crippen LogP contribution in [0.4, 0.5) is 0 Å². The molecule has 3 rings (SSSR count). The molecule has 3 aromatic heterocycles. The smallest absolute Gasteiger partial charge is 0.214 e. The summed E-state index contributed by atoms with van der Waals surface area (Å²) in [4.78, 5) is 16.4. The summed E-state index contributed by atoms with van der Waals surface area (Å²) in [5.74, 6) is -0.0894. The molecule has 3 heterocycles. The molecule has 0 N–H and O–H groups in total.